The van der Waals surface area contributed by atoms with Crippen molar-refractivity contribution in [3.05, 3.63) is 82.0 Å². The lowest BCUT2D eigenvalue weighted by atomic mass is 10.1. The second-order valence-electron chi connectivity index (χ2n) is 5.61. The van der Waals surface area contributed by atoms with Gasteiger partial charge in [-0.2, -0.15) is 5.10 Å². The maximum absolute atomic E-state index is 9.94. The number of phenolic OH excluding ortho intramolecular Hbond substituents is 1. The van der Waals surface area contributed by atoms with Crippen molar-refractivity contribution < 1.29 is 5.11 Å². The molecule has 0 saturated carbocycles. The third-order valence-corrected chi connectivity index (χ3v) is 4.93. The van der Waals surface area contributed by atoms with Gasteiger partial charge in [0.1, 0.15) is 5.75 Å². The topological polar surface area (TPSA) is 49.9 Å². The van der Waals surface area contributed by atoms with Crippen LogP contribution >= 0.6 is 22.9 Å². The Labute approximate surface area is 161 Å². The van der Waals surface area contributed by atoms with Crippen molar-refractivity contribution in [2.24, 2.45) is 10.2 Å². The molecule has 2 aromatic carbocycles. The third kappa shape index (κ3) is 3.95. The molecule has 0 amide bonds. The first-order valence-electron chi connectivity index (χ1n) is 8.02. The largest absolute Gasteiger partial charge is 0.507 e. The Morgan fingerprint density at radius 3 is 2.65 bits per heavy atom. The van der Waals surface area contributed by atoms with Crippen molar-refractivity contribution in [1.29, 1.82) is 0 Å². The fourth-order valence-electron chi connectivity index (χ4n) is 2.52. The molecule has 26 heavy (non-hydrogen) atoms. The maximum atomic E-state index is 9.94. The standard InChI is InChI=1S/C20H18ClN3OS/c1-3-12-24-18(15-8-10-16(21)11-9-15)13-26-20(24)23-22-14(2)17-6-4-5-7-19(17)25/h3-11,13,25H,1,12H2,2H3/b22-14+,23-20?. The minimum absolute atomic E-state index is 0.191. The van der Waals surface area contributed by atoms with E-state index in [1.54, 1.807) is 12.1 Å². The summed E-state index contributed by atoms with van der Waals surface area (Å²) in [7, 11) is 0. The zero-order valence-corrected chi connectivity index (χ0v) is 15.8. The number of allylic oxidation sites excluding steroid dienone is 1. The number of hydrogen-bond acceptors (Lipinski definition) is 4. The number of halogens is 1. The Morgan fingerprint density at radius 2 is 1.96 bits per heavy atom. The monoisotopic (exact) mass is 383 g/mol. The van der Waals surface area contributed by atoms with E-state index in [9.17, 15) is 5.11 Å². The minimum Gasteiger partial charge on any atom is -0.507 e. The average molecular weight is 384 g/mol. The van der Waals surface area contributed by atoms with Crippen LogP contribution in [0, 0.1) is 0 Å². The van der Waals surface area contributed by atoms with E-state index in [0.717, 1.165) is 16.1 Å². The molecule has 0 aliphatic rings. The Bertz CT molecular complexity index is 1020. The summed E-state index contributed by atoms with van der Waals surface area (Å²) >= 11 is 7.49. The highest BCUT2D eigenvalue weighted by Gasteiger charge is 2.08. The Morgan fingerprint density at radius 1 is 1.23 bits per heavy atom. The first-order chi connectivity index (χ1) is 12.6. The van der Waals surface area contributed by atoms with Gasteiger partial charge in [0.15, 0.2) is 0 Å². The van der Waals surface area contributed by atoms with Gasteiger partial charge >= 0.3 is 0 Å². The lowest BCUT2D eigenvalue weighted by Gasteiger charge is -2.06. The summed E-state index contributed by atoms with van der Waals surface area (Å²) < 4.78 is 2.04. The van der Waals surface area contributed by atoms with E-state index in [1.165, 1.54) is 11.3 Å². The van der Waals surface area contributed by atoms with Gasteiger partial charge in [-0.3, -0.25) is 0 Å². The zero-order valence-electron chi connectivity index (χ0n) is 14.3. The summed E-state index contributed by atoms with van der Waals surface area (Å²) in [4.78, 5) is 0.754. The van der Waals surface area contributed by atoms with Crippen molar-refractivity contribution in [2.45, 2.75) is 13.5 Å². The quantitative estimate of drug-likeness (QED) is 0.372. The molecule has 0 bridgehead atoms. The van der Waals surface area contributed by atoms with Gasteiger partial charge in [-0.05, 0) is 36.8 Å². The second kappa shape index (κ2) is 8.17. The molecular formula is C20H18ClN3OS. The van der Waals surface area contributed by atoms with Gasteiger partial charge in [0.05, 0.1) is 11.4 Å². The molecule has 0 spiro atoms. The lowest BCUT2D eigenvalue weighted by Crippen LogP contribution is -2.15. The summed E-state index contributed by atoms with van der Waals surface area (Å²) in [6, 6.07) is 14.8. The molecule has 132 valence electrons. The number of thiazole rings is 1. The van der Waals surface area contributed by atoms with Crippen LogP contribution in [-0.2, 0) is 6.54 Å². The van der Waals surface area contributed by atoms with E-state index >= 15 is 0 Å². The molecule has 1 N–H and O–H groups in total. The van der Waals surface area contributed by atoms with Gasteiger partial charge in [0.2, 0.25) is 4.80 Å². The Balaban J connectivity index is 2.03. The van der Waals surface area contributed by atoms with Crippen LogP contribution < -0.4 is 4.80 Å². The van der Waals surface area contributed by atoms with Gasteiger partial charge < -0.3 is 9.67 Å². The number of phenols is 1. The van der Waals surface area contributed by atoms with Crippen LogP contribution in [0.15, 0.2) is 76.8 Å². The minimum atomic E-state index is 0.191. The summed E-state index contributed by atoms with van der Waals surface area (Å²) in [5, 5.41) is 21.4. The molecule has 4 nitrogen and oxygen atoms in total. The van der Waals surface area contributed by atoms with Gasteiger partial charge in [-0.25, -0.2) is 0 Å². The number of aromatic hydroxyl groups is 1. The van der Waals surface area contributed by atoms with Crippen LogP contribution in [0.25, 0.3) is 11.3 Å². The van der Waals surface area contributed by atoms with E-state index in [1.807, 2.05) is 59.3 Å². The summed E-state index contributed by atoms with van der Waals surface area (Å²) in [5.41, 5.74) is 3.40. The van der Waals surface area contributed by atoms with Crippen molar-refractivity contribution >= 4 is 28.6 Å². The Hall–Kier alpha value is -2.63. The van der Waals surface area contributed by atoms with Crippen LogP contribution in [0.1, 0.15) is 12.5 Å². The van der Waals surface area contributed by atoms with Gasteiger partial charge in [-0.1, -0.05) is 41.9 Å². The van der Waals surface area contributed by atoms with Crippen molar-refractivity contribution in [1.82, 2.24) is 4.57 Å². The van der Waals surface area contributed by atoms with E-state index < -0.39 is 0 Å². The molecule has 6 heteroatoms. The molecule has 3 aromatic rings. The fourth-order valence-corrected chi connectivity index (χ4v) is 3.51. The predicted octanol–water partition coefficient (Wildman–Crippen LogP) is 5.09. The highest BCUT2D eigenvalue weighted by Crippen LogP contribution is 2.22. The molecule has 0 atom stereocenters. The van der Waals surface area contributed by atoms with Crippen molar-refractivity contribution in [3.63, 3.8) is 0 Å². The second-order valence-corrected chi connectivity index (χ2v) is 6.89. The van der Waals surface area contributed by atoms with Crippen LogP contribution in [0.5, 0.6) is 5.75 Å². The highest BCUT2D eigenvalue weighted by atomic mass is 35.5. The number of para-hydroxylation sites is 1. The van der Waals surface area contributed by atoms with Crippen LogP contribution in [0.2, 0.25) is 5.02 Å². The molecule has 0 unspecified atom stereocenters. The summed E-state index contributed by atoms with van der Waals surface area (Å²) in [6.07, 6.45) is 1.82. The normalized spacial score (nSPS) is 12.4. The Kier molecular flexibility index (Phi) is 5.71. The fraction of sp³-hybridized carbons (Fsp3) is 0.100. The molecule has 1 heterocycles. The van der Waals surface area contributed by atoms with E-state index in [4.69, 9.17) is 11.6 Å². The maximum Gasteiger partial charge on any atom is 0.211 e. The molecule has 0 radical (unpaired) electrons. The number of aromatic nitrogens is 1. The molecule has 1 aromatic heterocycles. The summed E-state index contributed by atoms with van der Waals surface area (Å²) in [6.45, 7) is 6.27. The molecule has 0 aliphatic heterocycles. The van der Waals surface area contributed by atoms with Crippen LogP contribution in [0.4, 0.5) is 0 Å². The van der Waals surface area contributed by atoms with Gasteiger partial charge in [0.25, 0.3) is 0 Å². The third-order valence-electron chi connectivity index (χ3n) is 3.83. The smallest absolute Gasteiger partial charge is 0.211 e. The first-order valence-corrected chi connectivity index (χ1v) is 9.27. The zero-order chi connectivity index (χ0) is 18.5. The number of benzene rings is 2. The summed E-state index contributed by atoms with van der Waals surface area (Å²) in [5.74, 6) is 0.191. The first kappa shape index (κ1) is 18.2. The van der Waals surface area contributed by atoms with Crippen molar-refractivity contribution in [2.75, 3.05) is 0 Å². The van der Waals surface area contributed by atoms with Gasteiger partial charge in [0, 0.05) is 22.5 Å². The molecule has 0 aliphatic carbocycles. The molecule has 0 saturated heterocycles. The highest BCUT2D eigenvalue weighted by molar-refractivity contribution is 7.07. The van der Waals surface area contributed by atoms with Gasteiger partial charge in [-0.15, -0.1) is 23.0 Å². The molecule has 0 fully saturated rings. The number of rotatable bonds is 5. The van der Waals surface area contributed by atoms with E-state index in [-0.39, 0.29) is 5.75 Å². The number of nitrogens with zero attached hydrogens (tertiary/aromatic N) is 3. The number of hydrogen-bond donors (Lipinski definition) is 1. The SMILES string of the molecule is C=CCn1c(-c2ccc(Cl)cc2)csc1=N/N=C(\C)c1ccccc1O. The average Bonchev–Trinajstić information content (AvgIpc) is 3.04. The van der Waals surface area contributed by atoms with E-state index in [2.05, 4.69) is 16.8 Å². The predicted molar refractivity (Wildman–Crippen MR) is 109 cm³/mol. The molecule has 3 rings (SSSR count). The van der Waals surface area contributed by atoms with E-state index in [0.29, 0.717) is 22.8 Å². The van der Waals surface area contributed by atoms with Crippen LogP contribution in [-0.4, -0.2) is 15.4 Å². The van der Waals surface area contributed by atoms with Crippen molar-refractivity contribution in [3.8, 4) is 17.0 Å². The molecular weight excluding hydrogens is 366 g/mol. The lowest BCUT2D eigenvalue weighted by molar-refractivity contribution is 0.474. The van der Waals surface area contributed by atoms with Crippen LogP contribution in [0.3, 0.4) is 0 Å².